The standard InChI is InChI=1S/C37H70O/c1-5-9-13-15-17-19-21-23-25-27-31-35(29-11-7-3)33-37(38)34-36(30-12-8-4)32-28-26-24-22-20-18-16-14-10-6-2/h33-34H,5-32H2,1-4H3. The molecule has 0 spiro atoms. The van der Waals surface area contributed by atoms with E-state index in [4.69, 9.17) is 0 Å². The lowest BCUT2D eigenvalue weighted by atomic mass is 9.97. The molecule has 0 saturated heterocycles. The maximum absolute atomic E-state index is 13.0. The molecule has 0 aromatic carbocycles. The number of carbonyl (C=O) groups is 1. The summed E-state index contributed by atoms with van der Waals surface area (Å²) in [5.41, 5.74) is 2.81. The second-order valence-electron chi connectivity index (χ2n) is 12.1. The van der Waals surface area contributed by atoms with E-state index in [1.165, 1.54) is 165 Å². The highest BCUT2D eigenvalue weighted by atomic mass is 16.1. The lowest BCUT2D eigenvalue weighted by Crippen LogP contribution is -1.96. The fourth-order valence-corrected chi connectivity index (χ4v) is 5.47. The molecule has 0 saturated carbocycles. The molecule has 1 heteroatoms. The molecule has 0 bridgehead atoms. The first kappa shape index (κ1) is 37.1. The van der Waals surface area contributed by atoms with Crippen molar-refractivity contribution in [3.05, 3.63) is 23.3 Å². The third kappa shape index (κ3) is 26.7. The summed E-state index contributed by atoms with van der Waals surface area (Å²) in [6, 6.07) is 0. The number of unbranched alkanes of at least 4 members (excludes halogenated alkanes) is 20. The fourth-order valence-electron chi connectivity index (χ4n) is 5.47. The van der Waals surface area contributed by atoms with E-state index < -0.39 is 0 Å². The van der Waals surface area contributed by atoms with Crippen LogP contribution in [0.2, 0.25) is 0 Å². The molecule has 0 N–H and O–H groups in total. The van der Waals surface area contributed by atoms with Gasteiger partial charge in [-0.3, -0.25) is 4.79 Å². The van der Waals surface area contributed by atoms with Crippen molar-refractivity contribution in [1.82, 2.24) is 0 Å². The van der Waals surface area contributed by atoms with E-state index in [1.54, 1.807) is 0 Å². The predicted molar refractivity (Wildman–Crippen MR) is 173 cm³/mol. The van der Waals surface area contributed by atoms with Gasteiger partial charge in [0.05, 0.1) is 0 Å². The third-order valence-electron chi connectivity index (χ3n) is 8.10. The Kier molecular flexibility index (Phi) is 30.0. The maximum atomic E-state index is 13.0. The Morgan fingerprint density at radius 1 is 0.342 bits per heavy atom. The molecule has 0 atom stereocenters. The van der Waals surface area contributed by atoms with Crippen molar-refractivity contribution in [2.24, 2.45) is 0 Å². The summed E-state index contributed by atoms with van der Waals surface area (Å²) in [5, 5.41) is 0. The maximum Gasteiger partial charge on any atom is 0.178 e. The minimum Gasteiger partial charge on any atom is -0.290 e. The Balaban J connectivity index is 4.43. The second kappa shape index (κ2) is 30.7. The van der Waals surface area contributed by atoms with Crippen LogP contribution in [0.15, 0.2) is 23.3 Å². The third-order valence-corrected chi connectivity index (χ3v) is 8.10. The van der Waals surface area contributed by atoms with Gasteiger partial charge in [0.1, 0.15) is 0 Å². The van der Waals surface area contributed by atoms with Gasteiger partial charge in [0, 0.05) is 0 Å². The first-order valence-electron chi connectivity index (χ1n) is 17.6. The number of carbonyl (C=O) groups excluding carboxylic acids is 1. The number of allylic oxidation sites excluding steroid dienone is 4. The molecular formula is C37H70O. The van der Waals surface area contributed by atoms with E-state index in [-0.39, 0.29) is 5.78 Å². The Hall–Kier alpha value is -0.850. The van der Waals surface area contributed by atoms with Crippen molar-refractivity contribution in [2.75, 3.05) is 0 Å². The fraction of sp³-hybridized carbons (Fsp3) is 0.865. The smallest absolute Gasteiger partial charge is 0.178 e. The Morgan fingerprint density at radius 3 is 0.868 bits per heavy atom. The Morgan fingerprint density at radius 2 is 0.579 bits per heavy atom. The Bertz CT molecular complexity index is 507. The van der Waals surface area contributed by atoms with Gasteiger partial charge in [-0.2, -0.15) is 0 Å². The van der Waals surface area contributed by atoms with Crippen LogP contribution < -0.4 is 0 Å². The van der Waals surface area contributed by atoms with Crippen molar-refractivity contribution in [3.8, 4) is 0 Å². The van der Waals surface area contributed by atoms with E-state index in [0.29, 0.717) is 0 Å². The average Bonchev–Trinajstić information content (AvgIpc) is 2.92. The summed E-state index contributed by atoms with van der Waals surface area (Å²) >= 11 is 0. The molecule has 0 rings (SSSR count). The van der Waals surface area contributed by atoms with Crippen LogP contribution in [0.1, 0.15) is 207 Å². The van der Waals surface area contributed by atoms with Crippen LogP contribution in [0.25, 0.3) is 0 Å². The molecule has 0 aliphatic heterocycles. The van der Waals surface area contributed by atoms with Gasteiger partial charge in [-0.1, -0.05) is 167 Å². The molecule has 38 heavy (non-hydrogen) atoms. The molecule has 0 amide bonds. The highest BCUT2D eigenvalue weighted by Crippen LogP contribution is 2.20. The van der Waals surface area contributed by atoms with Crippen molar-refractivity contribution < 1.29 is 4.79 Å². The van der Waals surface area contributed by atoms with E-state index in [1.807, 2.05) is 12.2 Å². The molecule has 0 aromatic rings. The van der Waals surface area contributed by atoms with E-state index in [2.05, 4.69) is 27.7 Å². The molecule has 0 radical (unpaired) electrons. The van der Waals surface area contributed by atoms with Crippen molar-refractivity contribution in [2.45, 2.75) is 207 Å². The van der Waals surface area contributed by atoms with Gasteiger partial charge in [0.2, 0.25) is 0 Å². The summed E-state index contributed by atoms with van der Waals surface area (Å²) in [7, 11) is 0. The number of hydrogen-bond donors (Lipinski definition) is 0. The number of rotatable bonds is 30. The van der Waals surface area contributed by atoms with E-state index in [9.17, 15) is 4.79 Å². The van der Waals surface area contributed by atoms with Gasteiger partial charge >= 0.3 is 0 Å². The zero-order chi connectivity index (χ0) is 27.9. The second-order valence-corrected chi connectivity index (χ2v) is 12.1. The monoisotopic (exact) mass is 531 g/mol. The zero-order valence-corrected chi connectivity index (χ0v) is 26.9. The van der Waals surface area contributed by atoms with Crippen LogP contribution in [-0.2, 0) is 4.79 Å². The summed E-state index contributed by atoms with van der Waals surface area (Å²) in [5.74, 6) is 0.265. The van der Waals surface area contributed by atoms with Gasteiger partial charge in [-0.25, -0.2) is 0 Å². The predicted octanol–water partition coefficient (Wildman–Crippen LogP) is 13.4. The van der Waals surface area contributed by atoms with Crippen LogP contribution in [0.5, 0.6) is 0 Å². The van der Waals surface area contributed by atoms with E-state index in [0.717, 1.165) is 25.7 Å². The average molecular weight is 531 g/mol. The van der Waals surface area contributed by atoms with Gasteiger partial charge in [-0.15, -0.1) is 0 Å². The molecule has 0 heterocycles. The quantitative estimate of drug-likeness (QED) is 0.0666. The highest BCUT2D eigenvalue weighted by Gasteiger charge is 2.05. The Labute approximate surface area is 241 Å². The first-order valence-corrected chi connectivity index (χ1v) is 17.6. The van der Waals surface area contributed by atoms with Gasteiger partial charge < -0.3 is 0 Å². The minimum absolute atomic E-state index is 0.265. The van der Waals surface area contributed by atoms with Crippen LogP contribution in [-0.4, -0.2) is 5.78 Å². The highest BCUT2D eigenvalue weighted by molar-refractivity contribution is 6.00. The lowest BCUT2D eigenvalue weighted by Gasteiger charge is -2.09. The molecule has 0 fully saturated rings. The topological polar surface area (TPSA) is 17.1 Å². The molecule has 0 aliphatic rings. The van der Waals surface area contributed by atoms with Crippen LogP contribution in [0.4, 0.5) is 0 Å². The number of hydrogen-bond acceptors (Lipinski definition) is 1. The van der Waals surface area contributed by atoms with E-state index >= 15 is 0 Å². The van der Waals surface area contributed by atoms with Crippen molar-refractivity contribution in [3.63, 3.8) is 0 Å². The van der Waals surface area contributed by atoms with Gasteiger partial charge in [0.25, 0.3) is 0 Å². The van der Waals surface area contributed by atoms with Crippen LogP contribution in [0, 0.1) is 0 Å². The molecular weight excluding hydrogens is 460 g/mol. The SMILES string of the molecule is CCCCCCCCCCCCC(=CC(=O)C=C(CCCC)CCCCCCCCCCCC)CCCC. The summed E-state index contributed by atoms with van der Waals surface area (Å²) in [6.45, 7) is 9.10. The summed E-state index contributed by atoms with van der Waals surface area (Å²) < 4.78 is 0. The molecule has 0 aliphatic carbocycles. The summed E-state index contributed by atoms with van der Waals surface area (Å²) in [6.07, 6.45) is 40.8. The van der Waals surface area contributed by atoms with Crippen LogP contribution in [0.3, 0.4) is 0 Å². The molecule has 224 valence electrons. The molecule has 0 aromatic heterocycles. The number of ketones is 1. The first-order chi connectivity index (χ1) is 18.7. The van der Waals surface area contributed by atoms with Crippen molar-refractivity contribution >= 4 is 5.78 Å². The molecule has 0 unspecified atom stereocenters. The lowest BCUT2D eigenvalue weighted by molar-refractivity contribution is -0.110. The van der Waals surface area contributed by atoms with Crippen molar-refractivity contribution in [1.29, 1.82) is 0 Å². The molecule has 1 nitrogen and oxygen atoms in total. The minimum atomic E-state index is 0.265. The largest absolute Gasteiger partial charge is 0.290 e. The van der Waals surface area contributed by atoms with Gasteiger partial charge in [-0.05, 0) is 63.5 Å². The zero-order valence-electron chi connectivity index (χ0n) is 26.9. The summed E-state index contributed by atoms with van der Waals surface area (Å²) in [4.78, 5) is 13.0. The normalized spacial score (nSPS) is 12.4. The van der Waals surface area contributed by atoms with Crippen LogP contribution >= 0.6 is 0 Å². The van der Waals surface area contributed by atoms with Gasteiger partial charge in [0.15, 0.2) is 5.78 Å².